The second-order valence-electron chi connectivity index (χ2n) is 5.73. The van der Waals surface area contributed by atoms with E-state index in [1.807, 2.05) is 5.38 Å². The molecule has 9 heteroatoms. The van der Waals surface area contributed by atoms with Crippen molar-refractivity contribution in [2.24, 2.45) is 0 Å². The van der Waals surface area contributed by atoms with Gasteiger partial charge in [-0.1, -0.05) is 0 Å². The molecule has 3 aromatic heterocycles. The minimum Gasteiger partial charge on any atom is -0.379 e. The normalized spacial score (nSPS) is 20.6. The monoisotopic (exact) mass is 359 g/mol. The van der Waals surface area contributed by atoms with Crippen LogP contribution in [0, 0.1) is 0 Å². The van der Waals surface area contributed by atoms with E-state index in [0.717, 1.165) is 5.69 Å². The highest BCUT2D eigenvalue weighted by atomic mass is 32.1. The summed E-state index contributed by atoms with van der Waals surface area (Å²) in [4.78, 5) is 25.1. The molecule has 2 atom stereocenters. The van der Waals surface area contributed by atoms with Crippen LogP contribution in [0.25, 0.3) is 5.78 Å². The van der Waals surface area contributed by atoms with Crippen LogP contribution in [0.2, 0.25) is 0 Å². The zero-order chi connectivity index (χ0) is 17.1. The second-order valence-corrected chi connectivity index (χ2v) is 6.44. The van der Waals surface area contributed by atoms with Gasteiger partial charge >= 0.3 is 0 Å². The standard InChI is InChI=1S/C16H17N5O3S/c22-15(13-6-21-4-1-3-17-16(21)20-13)19-12-2-5-23-8-14(12)24-7-11-9-25-10-18-11/h1,3-4,6,9-10,12,14H,2,5,7-8H2,(H,19,22)/t12-,14-/m1/s1. The minimum absolute atomic E-state index is 0.127. The molecule has 3 aromatic rings. The average molecular weight is 359 g/mol. The molecule has 0 aromatic carbocycles. The third-order valence-electron chi connectivity index (χ3n) is 4.02. The maximum absolute atomic E-state index is 12.5. The molecule has 4 rings (SSSR count). The lowest BCUT2D eigenvalue weighted by molar-refractivity contribution is -0.0742. The smallest absolute Gasteiger partial charge is 0.271 e. The number of nitrogens with zero attached hydrogens (tertiary/aromatic N) is 4. The van der Waals surface area contributed by atoms with E-state index in [2.05, 4.69) is 20.3 Å². The molecule has 0 unspecified atom stereocenters. The van der Waals surface area contributed by atoms with E-state index < -0.39 is 0 Å². The number of aromatic nitrogens is 4. The SMILES string of the molecule is O=C(N[C@@H]1CCOC[C@H]1OCc1cscn1)c1cn2cccnc2n1. The largest absolute Gasteiger partial charge is 0.379 e. The maximum Gasteiger partial charge on any atom is 0.271 e. The van der Waals surface area contributed by atoms with Gasteiger partial charge in [-0.25, -0.2) is 15.0 Å². The van der Waals surface area contributed by atoms with Crippen LogP contribution >= 0.6 is 11.3 Å². The van der Waals surface area contributed by atoms with Crippen LogP contribution in [0.5, 0.6) is 0 Å². The number of imidazole rings is 1. The average Bonchev–Trinajstić information content (AvgIpc) is 3.30. The summed E-state index contributed by atoms with van der Waals surface area (Å²) < 4.78 is 13.1. The van der Waals surface area contributed by atoms with Crippen LogP contribution in [0.4, 0.5) is 0 Å². The number of hydrogen-bond donors (Lipinski definition) is 1. The van der Waals surface area contributed by atoms with E-state index in [1.54, 1.807) is 34.6 Å². The molecule has 1 fully saturated rings. The van der Waals surface area contributed by atoms with Gasteiger partial charge in [0.15, 0.2) is 0 Å². The Bertz CT molecular complexity index is 817. The number of carbonyl (C=O) groups is 1. The van der Waals surface area contributed by atoms with E-state index in [4.69, 9.17) is 9.47 Å². The number of carbonyl (C=O) groups excluding carboxylic acids is 1. The van der Waals surface area contributed by atoms with Gasteiger partial charge in [-0.2, -0.15) is 0 Å². The van der Waals surface area contributed by atoms with E-state index in [0.29, 0.717) is 37.7 Å². The Morgan fingerprint density at radius 1 is 1.48 bits per heavy atom. The molecule has 4 heterocycles. The van der Waals surface area contributed by atoms with Gasteiger partial charge in [-0.3, -0.25) is 9.20 Å². The van der Waals surface area contributed by atoms with Gasteiger partial charge in [0.2, 0.25) is 5.78 Å². The topological polar surface area (TPSA) is 90.6 Å². The molecular formula is C16H17N5O3S. The summed E-state index contributed by atoms with van der Waals surface area (Å²) in [7, 11) is 0. The quantitative estimate of drug-likeness (QED) is 0.738. The van der Waals surface area contributed by atoms with E-state index in [-0.39, 0.29) is 18.1 Å². The van der Waals surface area contributed by atoms with Crippen LogP contribution in [0.3, 0.4) is 0 Å². The predicted octanol–water partition coefficient (Wildman–Crippen LogP) is 1.29. The molecule has 25 heavy (non-hydrogen) atoms. The molecule has 0 radical (unpaired) electrons. The summed E-state index contributed by atoms with van der Waals surface area (Å²) in [6, 6.07) is 1.66. The highest BCUT2D eigenvalue weighted by Gasteiger charge is 2.29. The molecule has 0 bridgehead atoms. The summed E-state index contributed by atoms with van der Waals surface area (Å²) >= 11 is 1.53. The fourth-order valence-electron chi connectivity index (χ4n) is 2.72. The van der Waals surface area contributed by atoms with E-state index in [1.165, 1.54) is 11.3 Å². The van der Waals surface area contributed by atoms with Crippen LogP contribution in [0.1, 0.15) is 22.6 Å². The molecule has 1 saturated heterocycles. The highest BCUT2D eigenvalue weighted by molar-refractivity contribution is 7.07. The summed E-state index contributed by atoms with van der Waals surface area (Å²) in [6.45, 7) is 1.44. The second kappa shape index (κ2) is 7.26. The number of hydrogen-bond acceptors (Lipinski definition) is 7. The van der Waals surface area contributed by atoms with Crippen LogP contribution < -0.4 is 5.32 Å². The molecular weight excluding hydrogens is 342 g/mol. The molecule has 1 aliphatic rings. The van der Waals surface area contributed by atoms with Crippen LogP contribution in [0.15, 0.2) is 35.5 Å². The zero-order valence-electron chi connectivity index (χ0n) is 13.4. The van der Waals surface area contributed by atoms with Crippen molar-refractivity contribution in [3.63, 3.8) is 0 Å². The third kappa shape index (κ3) is 3.68. The number of ether oxygens (including phenoxy) is 2. The van der Waals surface area contributed by atoms with Gasteiger partial charge < -0.3 is 14.8 Å². The molecule has 1 amide bonds. The van der Waals surface area contributed by atoms with Crippen molar-refractivity contribution in [1.29, 1.82) is 0 Å². The zero-order valence-corrected chi connectivity index (χ0v) is 14.2. The van der Waals surface area contributed by atoms with Crippen molar-refractivity contribution in [2.75, 3.05) is 13.2 Å². The predicted molar refractivity (Wildman–Crippen MR) is 90.4 cm³/mol. The molecule has 0 aliphatic carbocycles. The first-order valence-electron chi connectivity index (χ1n) is 7.96. The lowest BCUT2D eigenvalue weighted by atomic mass is 10.1. The number of nitrogens with one attached hydrogen (secondary N) is 1. The molecule has 0 saturated carbocycles. The Labute approximate surface area is 147 Å². The molecule has 1 aliphatic heterocycles. The van der Waals surface area contributed by atoms with Crippen molar-refractivity contribution in [1.82, 2.24) is 24.7 Å². The number of amides is 1. The van der Waals surface area contributed by atoms with Crippen LogP contribution in [-0.4, -0.2) is 50.6 Å². The van der Waals surface area contributed by atoms with Crippen molar-refractivity contribution in [3.8, 4) is 0 Å². The third-order valence-corrected chi connectivity index (χ3v) is 4.65. The molecule has 8 nitrogen and oxygen atoms in total. The van der Waals surface area contributed by atoms with Gasteiger partial charge in [0.05, 0.1) is 30.5 Å². The fraction of sp³-hybridized carbons (Fsp3) is 0.375. The Morgan fingerprint density at radius 3 is 3.28 bits per heavy atom. The van der Waals surface area contributed by atoms with E-state index >= 15 is 0 Å². The van der Waals surface area contributed by atoms with Gasteiger partial charge in [0, 0.05) is 30.6 Å². The highest BCUT2D eigenvalue weighted by Crippen LogP contribution is 2.15. The lowest BCUT2D eigenvalue weighted by Crippen LogP contribution is -2.50. The number of rotatable bonds is 5. The Hall–Kier alpha value is -2.36. The fourth-order valence-corrected chi connectivity index (χ4v) is 3.27. The summed E-state index contributed by atoms with van der Waals surface area (Å²) in [5.74, 6) is 0.260. The van der Waals surface area contributed by atoms with Crippen molar-refractivity contribution < 1.29 is 14.3 Å². The van der Waals surface area contributed by atoms with Gasteiger partial charge in [0.1, 0.15) is 11.8 Å². The Kier molecular flexibility index (Phi) is 4.68. The van der Waals surface area contributed by atoms with Crippen molar-refractivity contribution >= 4 is 23.0 Å². The first-order valence-corrected chi connectivity index (χ1v) is 8.91. The molecule has 130 valence electrons. The van der Waals surface area contributed by atoms with Gasteiger partial charge in [0.25, 0.3) is 5.91 Å². The summed E-state index contributed by atoms with van der Waals surface area (Å²) in [5, 5.41) is 4.96. The van der Waals surface area contributed by atoms with E-state index in [9.17, 15) is 4.79 Å². The minimum atomic E-state index is -0.236. The lowest BCUT2D eigenvalue weighted by Gasteiger charge is -2.31. The Morgan fingerprint density at radius 2 is 2.44 bits per heavy atom. The van der Waals surface area contributed by atoms with Crippen LogP contribution in [-0.2, 0) is 16.1 Å². The van der Waals surface area contributed by atoms with Crippen molar-refractivity contribution in [2.45, 2.75) is 25.2 Å². The first-order chi connectivity index (χ1) is 12.3. The maximum atomic E-state index is 12.5. The molecule has 0 spiro atoms. The Balaban J connectivity index is 1.42. The van der Waals surface area contributed by atoms with Gasteiger partial charge in [-0.05, 0) is 12.5 Å². The first kappa shape index (κ1) is 16.1. The molecule has 1 N–H and O–H groups in total. The van der Waals surface area contributed by atoms with Gasteiger partial charge in [-0.15, -0.1) is 11.3 Å². The van der Waals surface area contributed by atoms with Crippen molar-refractivity contribution in [3.05, 3.63) is 46.9 Å². The summed E-state index contributed by atoms with van der Waals surface area (Å²) in [5.41, 5.74) is 2.99. The summed E-state index contributed by atoms with van der Waals surface area (Å²) in [6.07, 6.45) is 5.60. The number of thiazole rings is 1. The number of fused-ring (bicyclic) bond motifs is 1.